The molecule has 1 N–H and O–H groups in total. The Kier molecular flexibility index (Phi) is 4.18. The van der Waals surface area contributed by atoms with Crippen LogP contribution in [-0.4, -0.2) is 43.7 Å². The molecule has 0 saturated carbocycles. The average Bonchev–Trinajstić information content (AvgIpc) is 2.07. The fraction of sp³-hybridized carbons (Fsp3) is 1.00. The number of halogens is 4. The Morgan fingerprint density at radius 2 is 1.62 bits per heavy atom. The normalized spacial score (nSPS) is 26.5. The van der Waals surface area contributed by atoms with E-state index >= 15 is 0 Å². The molecule has 1 fully saturated rings. The zero-order valence-electron chi connectivity index (χ0n) is 7.68. The van der Waals surface area contributed by atoms with E-state index < -0.39 is 7.25 Å². The Hall–Kier alpha value is -0.295. The first-order valence-electron chi connectivity index (χ1n) is 4.01. The zero-order valence-corrected chi connectivity index (χ0v) is 7.68. The lowest BCUT2D eigenvalue weighted by Crippen LogP contribution is -2.43. The van der Waals surface area contributed by atoms with Crippen LogP contribution in [0.15, 0.2) is 0 Å². The second-order valence-corrected chi connectivity index (χ2v) is 3.62. The van der Waals surface area contributed by atoms with Crippen LogP contribution in [0.4, 0.5) is 17.3 Å². The van der Waals surface area contributed by atoms with Crippen molar-refractivity contribution in [2.45, 2.75) is 19.1 Å². The second-order valence-electron chi connectivity index (χ2n) is 3.62. The monoisotopic (exact) mass is 203 g/mol. The van der Waals surface area contributed by atoms with Gasteiger partial charge in [-0.3, -0.25) is 0 Å². The Bertz CT molecular complexity index is 155. The van der Waals surface area contributed by atoms with Crippen LogP contribution in [0, 0.1) is 0 Å². The van der Waals surface area contributed by atoms with Crippen LogP contribution in [-0.2, 0) is 0 Å². The first-order valence-corrected chi connectivity index (χ1v) is 4.01. The first-order chi connectivity index (χ1) is 5.63. The van der Waals surface area contributed by atoms with Gasteiger partial charge in [0.25, 0.3) is 0 Å². The summed E-state index contributed by atoms with van der Waals surface area (Å²) in [4.78, 5) is 0. The van der Waals surface area contributed by atoms with Gasteiger partial charge < -0.3 is 26.9 Å². The van der Waals surface area contributed by atoms with Crippen LogP contribution in [0.2, 0.25) is 0 Å². The molecule has 0 aliphatic carbocycles. The van der Waals surface area contributed by atoms with E-state index in [2.05, 4.69) is 14.1 Å². The molecule has 1 aliphatic heterocycles. The van der Waals surface area contributed by atoms with Crippen LogP contribution in [0.3, 0.4) is 0 Å². The molecule has 2 nitrogen and oxygen atoms in total. The van der Waals surface area contributed by atoms with Gasteiger partial charge in [0.1, 0.15) is 0 Å². The smallest absolute Gasteiger partial charge is 0.418 e. The van der Waals surface area contributed by atoms with Crippen molar-refractivity contribution < 1.29 is 26.9 Å². The summed E-state index contributed by atoms with van der Waals surface area (Å²) in [5, 5.41) is 9.23. The molecule has 80 valence electrons. The van der Waals surface area contributed by atoms with Crippen molar-refractivity contribution in [3.63, 3.8) is 0 Å². The lowest BCUT2D eigenvalue weighted by Gasteiger charge is -2.27. The quantitative estimate of drug-likeness (QED) is 0.359. The molecular formula is C6H14BF4NO. The summed E-state index contributed by atoms with van der Waals surface area (Å²) < 4.78 is 39.8. The minimum Gasteiger partial charge on any atom is -0.418 e. The summed E-state index contributed by atoms with van der Waals surface area (Å²) in [7, 11) is -1.87. The second kappa shape index (κ2) is 4.28. The summed E-state index contributed by atoms with van der Waals surface area (Å²) in [6, 6.07) is 0. The maximum atomic E-state index is 9.75. The van der Waals surface area contributed by atoms with Gasteiger partial charge in [-0.05, 0) is 0 Å². The SMILES string of the molecule is C[N+]1(C)CCCC1O.F[B-](F)(F)F. The van der Waals surface area contributed by atoms with Gasteiger partial charge in [-0.15, -0.1) is 0 Å². The Labute approximate surface area is 74.8 Å². The van der Waals surface area contributed by atoms with Gasteiger partial charge in [0, 0.05) is 12.8 Å². The molecule has 1 atom stereocenters. The summed E-state index contributed by atoms with van der Waals surface area (Å²) in [5.41, 5.74) is 0. The van der Waals surface area contributed by atoms with Gasteiger partial charge in [-0.1, -0.05) is 0 Å². The highest BCUT2D eigenvalue weighted by Crippen LogP contribution is 2.18. The Balaban J connectivity index is 0.000000252. The predicted octanol–water partition coefficient (Wildman–Crippen LogP) is 1.48. The van der Waals surface area contributed by atoms with Crippen LogP contribution in [0.5, 0.6) is 0 Å². The van der Waals surface area contributed by atoms with Crippen molar-refractivity contribution in [3.05, 3.63) is 0 Å². The third kappa shape index (κ3) is 6.83. The summed E-state index contributed by atoms with van der Waals surface area (Å²) in [6.07, 6.45) is 2.05. The molecule has 0 radical (unpaired) electrons. The number of rotatable bonds is 0. The molecule has 0 aromatic heterocycles. The van der Waals surface area contributed by atoms with Crippen molar-refractivity contribution in [3.8, 4) is 0 Å². The van der Waals surface area contributed by atoms with Gasteiger partial charge in [-0.25, -0.2) is 0 Å². The van der Waals surface area contributed by atoms with E-state index in [9.17, 15) is 22.4 Å². The van der Waals surface area contributed by atoms with Gasteiger partial charge in [0.05, 0.1) is 20.6 Å². The van der Waals surface area contributed by atoms with Crippen LogP contribution >= 0.6 is 0 Å². The van der Waals surface area contributed by atoms with Gasteiger partial charge in [0.2, 0.25) is 0 Å². The highest BCUT2D eigenvalue weighted by Gasteiger charge is 2.31. The molecule has 1 rings (SSSR count). The molecule has 13 heavy (non-hydrogen) atoms. The summed E-state index contributed by atoms with van der Waals surface area (Å²) >= 11 is 0. The highest BCUT2D eigenvalue weighted by molar-refractivity contribution is 6.50. The largest absolute Gasteiger partial charge is 0.673 e. The lowest BCUT2D eigenvalue weighted by molar-refractivity contribution is -0.923. The van der Waals surface area contributed by atoms with Gasteiger partial charge in [0.15, 0.2) is 6.23 Å². The fourth-order valence-electron chi connectivity index (χ4n) is 1.18. The molecule has 0 amide bonds. The first kappa shape index (κ1) is 12.7. The minimum atomic E-state index is -6.00. The van der Waals surface area contributed by atoms with Gasteiger partial charge in [-0.2, -0.15) is 0 Å². The molecule has 0 aromatic rings. The Morgan fingerprint density at radius 1 is 1.23 bits per heavy atom. The molecule has 7 heteroatoms. The summed E-state index contributed by atoms with van der Waals surface area (Å²) in [6.45, 7) is 1.13. The van der Waals surface area contributed by atoms with Crippen molar-refractivity contribution in [2.75, 3.05) is 20.6 Å². The van der Waals surface area contributed by atoms with Gasteiger partial charge >= 0.3 is 7.25 Å². The number of aliphatic hydroxyl groups excluding tert-OH is 1. The van der Waals surface area contributed by atoms with Crippen molar-refractivity contribution >= 4 is 7.25 Å². The molecule has 1 aliphatic rings. The van der Waals surface area contributed by atoms with E-state index in [0.717, 1.165) is 17.4 Å². The number of hydrogen-bond donors (Lipinski definition) is 1. The zero-order chi connectivity index (χ0) is 10.7. The van der Waals surface area contributed by atoms with E-state index in [1.54, 1.807) is 0 Å². The van der Waals surface area contributed by atoms with Crippen molar-refractivity contribution in [1.82, 2.24) is 0 Å². The highest BCUT2D eigenvalue weighted by atomic mass is 19.5. The van der Waals surface area contributed by atoms with Crippen LogP contribution in [0.1, 0.15) is 12.8 Å². The molecule has 1 saturated heterocycles. The molecule has 1 heterocycles. The third-order valence-corrected chi connectivity index (χ3v) is 2.00. The number of hydrogen-bond acceptors (Lipinski definition) is 1. The lowest BCUT2D eigenvalue weighted by atomic mass is 10.3. The number of likely N-dealkylation sites (tertiary alicyclic amines) is 1. The number of aliphatic hydroxyl groups is 1. The van der Waals surface area contributed by atoms with Crippen molar-refractivity contribution in [2.24, 2.45) is 0 Å². The number of nitrogens with zero attached hydrogens (tertiary/aromatic N) is 1. The topological polar surface area (TPSA) is 20.2 Å². The van der Waals surface area contributed by atoms with E-state index in [-0.39, 0.29) is 6.23 Å². The summed E-state index contributed by atoms with van der Waals surface area (Å²) in [5.74, 6) is 0. The number of quaternary nitrogens is 1. The Morgan fingerprint density at radius 3 is 1.69 bits per heavy atom. The van der Waals surface area contributed by atoms with Crippen LogP contribution in [0.25, 0.3) is 0 Å². The average molecular weight is 203 g/mol. The maximum absolute atomic E-state index is 9.75. The van der Waals surface area contributed by atoms with Crippen LogP contribution < -0.4 is 0 Å². The molecule has 1 unspecified atom stereocenters. The molecule has 0 spiro atoms. The standard InChI is InChI=1S/C6H14NO.BF4/c1-7(2)5-3-4-6(7)8;2-1(3,4)5/h6,8H,3-5H2,1-2H3;/q+1;-1. The van der Waals surface area contributed by atoms with Crippen molar-refractivity contribution in [1.29, 1.82) is 0 Å². The van der Waals surface area contributed by atoms with E-state index in [1.165, 1.54) is 6.42 Å². The maximum Gasteiger partial charge on any atom is 0.673 e. The molecular weight excluding hydrogens is 189 g/mol. The molecule has 0 aromatic carbocycles. The molecule has 0 bridgehead atoms. The van der Waals surface area contributed by atoms with E-state index in [1.807, 2.05) is 0 Å². The van der Waals surface area contributed by atoms with E-state index in [4.69, 9.17) is 0 Å². The van der Waals surface area contributed by atoms with E-state index in [0.29, 0.717) is 0 Å². The predicted molar refractivity (Wildman–Crippen MR) is 42.4 cm³/mol. The third-order valence-electron chi connectivity index (χ3n) is 2.00. The minimum absolute atomic E-state index is 0.102. The fourth-order valence-corrected chi connectivity index (χ4v) is 1.18.